The summed E-state index contributed by atoms with van der Waals surface area (Å²) >= 11 is 6.52. The molecule has 0 amide bonds. The molecule has 4 aromatic rings. The van der Waals surface area contributed by atoms with Gasteiger partial charge in [0.2, 0.25) is 0 Å². The Morgan fingerprint density at radius 1 is 1.11 bits per heavy atom. The zero-order chi connectivity index (χ0) is 26.0. The van der Waals surface area contributed by atoms with E-state index >= 15 is 0 Å². The highest BCUT2D eigenvalue weighted by Gasteiger charge is 2.40. The summed E-state index contributed by atoms with van der Waals surface area (Å²) in [7, 11) is 3.47. The van der Waals surface area contributed by atoms with Gasteiger partial charge in [0.05, 0.1) is 31.3 Å². The van der Waals surface area contributed by atoms with Crippen molar-refractivity contribution in [3.63, 3.8) is 0 Å². The number of carbonyl (C=O) groups is 1. The summed E-state index contributed by atoms with van der Waals surface area (Å²) in [5.74, 6) is -0.547. The molecule has 36 heavy (non-hydrogen) atoms. The molecule has 1 heterocycles. The van der Waals surface area contributed by atoms with Gasteiger partial charge in [-0.05, 0) is 72.9 Å². The van der Waals surface area contributed by atoms with E-state index in [4.69, 9.17) is 21.1 Å². The maximum Gasteiger partial charge on any atom is 0.310 e. The number of hydrogen-bond acceptors (Lipinski definition) is 5. The molecule has 0 radical (unpaired) electrons. The van der Waals surface area contributed by atoms with Crippen LogP contribution in [0, 0.1) is 12.3 Å². The zero-order valence-corrected chi connectivity index (χ0v) is 21.8. The summed E-state index contributed by atoms with van der Waals surface area (Å²) in [6.07, 6.45) is 0. The van der Waals surface area contributed by atoms with Crippen LogP contribution in [-0.4, -0.2) is 33.2 Å². The maximum atomic E-state index is 12.4. The van der Waals surface area contributed by atoms with Gasteiger partial charge in [-0.3, -0.25) is 4.79 Å². The summed E-state index contributed by atoms with van der Waals surface area (Å²) < 4.78 is 12.9. The minimum atomic E-state index is -1.10. The highest BCUT2D eigenvalue weighted by atomic mass is 35.5. The topological polar surface area (TPSA) is 86.5 Å². The average molecular weight is 508 g/mol. The molecule has 3 aromatic carbocycles. The van der Waals surface area contributed by atoms with E-state index in [0.29, 0.717) is 18.2 Å². The fourth-order valence-electron chi connectivity index (χ4n) is 4.56. The summed E-state index contributed by atoms with van der Waals surface area (Å²) in [5, 5.41) is 19.2. The van der Waals surface area contributed by atoms with Gasteiger partial charge in [-0.15, -0.1) is 5.10 Å². The first-order valence-electron chi connectivity index (χ1n) is 11.6. The van der Waals surface area contributed by atoms with E-state index in [9.17, 15) is 9.90 Å². The third-order valence-corrected chi connectivity index (χ3v) is 7.12. The van der Waals surface area contributed by atoms with Gasteiger partial charge in [0.1, 0.15) is 11.3 Å². The monoisotopic (exact) mass is 507 g/mol. The third-order valence-electron chi connectivity index (χ3n) is 6.75. The predicted molar refractivity (Wildman–Crippen MR) is 139 cm³/mol. The van der Waals surface area contributed by atoms with Crippen molar-refractivity contribution >= 4 is 28.6 Å². The molecular weight excluding hydrogens is 478 g/mol. The van der Waals surface area contributed by atoms with Crippen LogP contribution in [0.25, 0.3) is 11.0 Å². The lowest BCUT2D eigenvalue weighted by atomic mass is 9.70. The number of aryl methyl sites for hydroxylation is 2. The zero-order valence-electron chi connectivity index (χ0n) is 21.1. The van der Waals surface area contributed by atoms with Crippen molar-refractivity contribution in [2.75, 3.05) is 7.11 Å². The highest BCUT2D eigenvalue weighted by Crippen LogP contribution is 2.44. The Bertz CT molecular complexity index is 1400. The number of aliphatic carboxylic acids is 1. The molecule has 0 saturated heterocycles. The Morgan fingerprint density at radius 3 is 2.50 bits per heavy atom. The van der Waals surface area contributed by atoms with Crippen LogP contribution >= 0.6 is 11.6 Å². The molecule has 1 unspecified atom stereocenters. The molecule has 0 aliphatic carbocycles. The van der Waals surface area contributed by atoms with Gasteiger partial charge >= 0.3 is 5.97 Å². The minimum Gasteiger partial charge on any atom is -0.497 e. The number of benzene rings is 3. The van der Waals surface area contributed by atoms with Gasteiger partial charge < -0.3 is 14.6 Å². The lowest BCUT2D eigenvalue weighted by Gasteiger charge is -2.33. The number of hydrogen-bond donors (Lipinski definition) is 1. The van der Waals surface area contributed by atoms with Gasteiger partial charge in [0.25, 0.3) is 0 Å². The van der Waals surface area contributed by atoms with Gasteiger partial charge in [0, 0.05) is 18.0 Å². The Morgan fingerprint density at radius 2 is 1.83 bits per heavy atom. The number of rotatable bonds is 9. The van der Waals surface area contributed by atoms with E-state index < -0.39 is 17.3 Å². The molecule has 8 heteroatoms. The number of methoxy groups -OCH3 is 1. The molecule has 0 fully saturated rings. The molecule has 0 aliphatic rings. The molecule has 0 saturated carbocycles. The number of carboxylic acids is 1. The van der Waals surface area contributed by atoms with E-state index in [1.165, 1.54) is 0 Å². The lowest BCUT2D eigenvalue weighted by molar-refractivity contribution is -0.147. The predicted octanol–water partition coefficient (Wildman–Crippen LogP) is 5.90. The van der Waals surface area contributed by atoms with Crippen LogP contribution < -0.4 is 4.74 Å². The standard InChI is InChI=1S/C28H30ClN3O4/c1-17-22(11-13-24-26(17)30-31-32(24)4)25(28(2,3)27(33)34)19-8-12-23(29)20(14-19)16-36-15-18-6-9-21(35-5)10-7-18/h6-14,25H,15-16H2,1-5H3,(H,33,34). The maximum absolute atomic E-state index is 12.4. The van der Waals surface area contributed by atoms with Gasteiger partial charge in [0.15, 0.2) is 0 Å². The number of aromatic nitrogens is 3. The number of nitrogens with zero attached hydrogens (tertiary/aromatic N) is 3. The summed E-state index contributed by atoms with van der Waals surface area (Å²) in [4.78, 5) is 12.4. The van der Waals surface area contributed by atoms with Crippen LogP contribution in [0.15, 0.2) is 54.6 Å². The van der Waals surface area contributed by atoms with E-state index in [-0.39, 0.29) is 0 Å². The van der Waals surface area contributed by atoms with Crippen molar-refractivity contribution in [2.45, 2.75) is 39.9 Å². The quantitative estimate of drug-likeness (QED) is 0.303. The summed E-state index contributed by atoms with van der Waals surface area (Å²) in [6, 6.07) is 17.3. The first-order chi connectivity index (χ1) is 17.1. The van der Waals surface area contributed by atoms with Crippen LogP contribution in [0.5, 0.6) is 5.75 Å². The van der Waals surface area contributed by atoms with Crippen LogP contribution in [0.4, 0.5) is 0 Å². The fraction of sp³-hybridized carbons (Fsp3) is 0.321. The van der Waals surface area contributed by atoms with Crippen molar-refractivity contribution in [1.29, 1.82) is 0 Å². The van der Waals surface area contributed by atoms with Crippen molar-refractivity contribution < 1.29 is 19.4 Å². The second kappa shape index (κ2) is 10.3. The minimum absolute atomic E-state index is 0.293. The van der Waals surface area contributed by atoms with Crippen molar-refractivity contribution in [2.24, 2.45) is 12.5 Å². The van der Waals surface area contributed by atoms with Crippen molar-refractivity contribution in [3.8, 4) is 5.75 Å². The first-order valence-corrected chi connectivity index (χ1v) is 12.0. The van der Waals surface area contributed by atoms with Crippen molar-refractivity contribution in [1.82, 2.24) is 15.0 Å². The molecule has 1 N–H and O–H groups in total. The number of fused-ring (bicyclic) bond motifs is 1. The van der Waals surface area contributed by atoms with E-state index in [1.807, 2.05) is 68.6 Å². The van der Waals surface area contributed by atoms with Crippen LogP contribution in [0.3, 0.4) is 0 Å². The van der Waals surface area contributed by atoms with Crippen LogP contribution in [-0.2, 0) is 29.8 Å². The number of halogens is 1. The second-order valence-corrected chi connectivity index (χ2v) is 9.92. The SMILES string of the molecule is COc1ccc(COCc2cc(C(c3ccc4c(nnn4C)c3C)C(C)(C)C(=O)O)ccc2Cl)cc1. The molecule has 0 bridgehead atoms. The molecule has 7 nitrogen and oxygen atoms in total. The fourth-order valence-corrected chi connectivity index (χ4v) is 4.73. The highest BCUT2D eigenvalue weighted by molar-refractivity contribution is 6.31. The molecule has 4 rings (SSSR count). The molecular formula is C28H30ClN3O4. The first kappa shape index (κ1) is 25.7. The number of carboxylic acid groups (broad SMARTS) is 1. The van der Waals surface area contributed by atoms with E-state index in [2.05, 4.69) is 10.3 Å². The van der Waals surface area contributed by atoms with Crippen LogP contribution in [0.1, 0.15) is 47.6 Å². The molecule has 188 valence electrons. The van der Waals surface area contributed by atoms with E-state index in [1.54, 1.807) is 25.6 Å². The average Bonchev–Trinajstić information content (AvgIpc) is 3.24. The molecule has 0 aliphatic heterocycles. The third kappa shape index (κ3) is 4.94. The van der Waals surface area contributed by atoms with Gasteiger partial charge in [-0.25, -0.2) is 4.68 Å². The lowest BCUT2D eigenvalue weighted by Crippen LogP contribution is -2.32. The molecule has 1 atom stereocenters. The normalized spacial score (nSPS) is 12.6. The molecule has 0 spiro atoms. The number of ether oxygens (including phenoxy) is 2. The Balaban J connectivity index is 1.68. The Kier molecular flexibility index (Phi) is 7.33. The largest absolute Gasteiger partial charge is 0.497 e. The molecule has 1 aromatic heterocycles. The second-order valence-electron chi connectivity index (χ2n) is 9.51. The van der Waals surface area contributed by atoms with Crippen LogP contribution in [0.2, 0.25) is 5.02 Å². The summed E-state index contributed by atoms with van der Waals surface area (Å²) in [5.41, 5.74) is 5.02. The summed E-state index contributed by atoms with van der Waals surface area (Å²) in [6.45, 7) is 6.16. The van der Waals surface area contributed by atoms with Gasteiger partial charge in [-0.2, -0.15) is 0 Å². The van der Waals surface area contributed by atoms with E-state index in [0.717, 1.165) is 44.6 Å². The van der Waals surface area contributed by atoms with Gasteiger partial charge in [-0.1, -0.05) is 47.1 Å². The van der Waals surface area contributed by atoms with Crippen molar-refractivity contribution in [3.05, 3.63) is 87.4 Å². The Labute approximate surface area is 215 Å². The smallest absolute Gasteiger partial charge is 0.310 e. The Hall–Kier alpha value is -3.42.